The summed E-state index contributed by atoms with van der Waals surface area (Å²) in [5.41, 5.74) is 0. The van der Waals surface area contributed by atoms with Gasteiger partial charge in [0.15, 0.2) is 0 Å². The lowest BCUT2D eigenvalue weighted by Crippen LogP contribution is -2.10. The molecule has 0 spiro atoms. The largest absolute Gasteiger partial charge is 0.466 e. The van der Waals surface area contributed by atoms with Crippen LogP contribution in [0.2, 0.25) is 0 Å². The van der Waals surface area contributed by atoms with E-state index in [-0.39, 0.29) is 0 Å². The van der Waals surface area contributed by atoms with Gasteiger partial charge in [-0.15, -0.1) is 3.63 Å². The van der Waals surface area contributed by atoms with Crippen LogP contribution in [-0.2, 0) is 29.0 Å². The molecule has 0 aliphatic rings. The van der Waals surface area contributed by atoms with Gasteiger partial charge in [0, 0.05) is 0 Å². The molecular weight excluding hydrogens is 271 g/mol. The molecule has 0 unspecified atom stereocenters. The average Bonchev–Trinajstić information content (AvgIpc) is 1.42. The van der Waals surface area contributed by atoms with Gasteiger partial charge in [-0.2, -0.15) is 16.8 Å². The maximum absolute atomic E-state index is 9.44. The zero-order chi connectivity index (χ0) is 12.2. The van der Waals surface area contributed by atoms with Gasteiger partial charge < -0.3 is 14.7 Å². The second-order valence-electron chi connectivity index (χ2n) is 1.44. The van der Waals surface area contributed by atoms with Crippen molar-refractivity contribution in [1.82, 2.24) is 0 Å². The van der Waals surface area contributed by atoms with E-state index in [9.17, 15) is 16.8 Å². The predicted octanol–water partition coefficient (Wildman–Crippen LogP) is -2.32. The van der Waals surface area contributed by atoms with Crippen LogP contribution in [0.3, 0.4) is 0 Å². The van der Waals surface area contributed by atoms with Crippen LogP contribution in [-0.4, -0.2) is 40.6 Å². The van der Waals surface area contributed by atoms with Gasteiger partial charge in [0.1, 0.15) is 0 Å². The molecule has 0 aromatic carbocycles. The van der Waals surface area contributed by atoms with Crippen LogP contribution in [0, 0.1) is 0 Å². The monoisotopic (exact) mass is 276 g/mol. The molecule has 0 rings (SSSR count). The summed E-state index contributed by atoms with van der Waals surface area (Å²) in [7, 11) is -14.9. The third kappa shape index (κ3) is 40.6. The first-order valence-electron chi connectivity index (χ1n) is 2.15. The summed E-state index contributed by atoms with van der Waals surface area (Å²) in [5, 5.41) is 0. The molecule has 0 atom stereocenters. The molecule has 0 aromatic heterocycles. The summed E-state index contributed by atoms with van der Waals surface area (Å²) in [6, 6.07) is 0. The topological polar surface area (TPSA) is 196 Å². The molecule has 0 bridgehead atoms. The minimum Gasteiger partial charge on any atom is -0.303 e. The lowest BCUT2D eigenvalue weighted by molar-refractivity contribution is 0.275. The Labute approximate surface area is 78.1 Å². The SMILES string of the molecule is O=P(O)(O)O.O=S(=O)(O)OS(=O)(=O)O. The summed E-state index contributed by atoms with van der Waals surface area (Å²) < 4.78 is 64.5. The summed E-state index contributed by atoms with van der Waals surface area (Å²) in [5.74, 6) is 0. The van der Waals surface area contributed by atoms with Crippen molar-refractivity contribution in [1.29, 1.82) is 0 Å². The molecule has 0 aromatic rings. The Hall–Kier alpha value is -0.110. The van der Waals surface area contributed by atoms with Gasteiger partial charge in [0.05, 0.1) is 0 Å². The lowest BCUT2D eigenvalue weighted by Gasteiger charge is -1.89. The molecule has 0 saturated carbocycles. The Balaban J connectivity index is 0. The summed E-state index contributed by atoms with van der Waals surface area (Å²) >= 11 is 0. The van der Waals surface area contributed by atoms with E-state index in [1.54, 1.807) is 0 Å². The molecule has 14 heteroatoms. The Kier molecular flexibility index (Phi) is 5.95. The third-order valence-corrected chi connectivity index (χ3v) is 1.55. The van der Waals surface area contributed by atoms with Crippen molar-refractivity contribution in [2.75, 3.05) is 0 Å². The highest BCUT2D eigenvalue weighted by Gasteiger charge is 2.15. The van der Waals surface area contributed by atoms with E-state index in [4.69, 9.17) is 28.4 Å². The van der Waals surface area contributed by atoms with E-state index in [0.717, 1.165) is 0 Å². The second-order valence-corrected chi connectivity index (χ2v) is 4.72. The van der Waals surface area contributed by atoms with E-state index < -0.39 is 28.6 Å². The summed E-state index contributed by atoms with van der Waals surface area (Å²) in [4.78, 5) is 21.6. The Morgan fingerprint density at radius 1 is 0.857 bits per heavy atom. The highest BCUT2D eigenvalue weighted by atomic mass is 32.3. The Bertz CT molecular complexity index is 350. The van der Waals surface area contributed by atoms with Gasteiger partial charge in [0.2, 0.25) is 0 Å². The number of hydrogen-bond acceptors (Lipinski definition) is 6. The van der Waals surface area contributed by atoms with Crippen molar-refractivity contribution in [3.05, 3.63) is 0 Å². The van der Waals surface area contributed by atoms with E-state index in [2.05, 4.69) is 3.63 Å². The number of phosphoric acid groups is 1. The maximum Gasteiger partial charge on any atom is 0.466 e. The van der Waals surface area contributed by atoms with E-state index in [1.165, 1.54) is 0 Å². The van der Waals surface area contributed by atoms with Crippen LogP contribution in [0.25, 0.3) is 0 Å². The molecule has 0 aliphatic carbocycles. The van der Waals surface area contributed by atoms with Gasteiger partial charge in [-0.25, -0.2) is 4.57 Å². The first-order chi connectivity index (χ1) is 5.71. The summed E-state index contributed by atoms with van der Waals surface area (Å²) in [6.07, 6.45) is 0. The zero-order valence-electron chi connectivity index (χ0n) is 5.95. The van der Waals surface area contributed by atoms with Gasteiger partial charge in [0.25, 0.3) is 0 Å². The zero-order valence-corrected chi connectivity index (χ0v) is 8.48. The highest BCUT2D eigenvalue weighted by molar-refractivity contribution is 7.94. The van der Waals surface area contributed by atoms with Crippen molar-refractivity contribution in [2.45, 2.75) is 0 Å². The highest BCUT2D eigenvalue weighted by Crippen LogP contribution is 2.25. The van der Waals surface area contributed by atoms with Gasteiger partial charge in [-0.05, 0) is 0 Å². The summed E-state index contributed by atoms with van der Waals surface area (Å²) in [6.45, 7) is 0. The molecule has 0 radical (unpaired) electrons. The predicted molar refractivity (Wildman–Crippen MR) is 38.4 cm³/mol. The van der Waals surface area contributed by atoms with Crippen molar-refractivity contribution in [3.8, 4) is 0 Å². The fourth-order valence-electron chi connectivity index (χ4n) is 0.109. The minimum absolute atomic E-state index is 2.68. The fourth-order valence-corrected chi connectivity index (χ4v) is 0.978. The minimum atomic E-state index is -5.12. The first-order valence-corrected chi connectivity index (χ1v) is 6.44. The smallest absolute Gasteiger partial charge is 0.303 e. The molecule has 0 fully saturated rings. The Morgan fingerprint density at radius 3 is 1.00 bits per heavy atom. The van der Waals surface area contributed by atoms with Crippen LogP contribution in [0.5, 0.6) is 0 Å². The molecule has 0 heterocycles. The lowest BCUT2D eigenvalue weighted by atomic mass is 15.8. The van der Waals surface area contributed by atoms with Crippen LogP contribution in [0.15, 0.2) is 0 Å². The third-order valence-electron chi connectivity index (χ3n) is 0.172. The van der Waals surface area contributed by atoms with Crippen molar-refractivity contribution in [3.63, 3.8) is 0 Å². The van der Waals surface area contributed by atoms with Crippen LogP contribution in [0.4, 0.5) is 0 Å². The first kappa shape index (κ1) is 16.3. The quantitative estimate of drug-likeness (QED) is 0.268. The maximum atomic E-state index is 9.44. The molecule has 14 heavy (non-hydrogen) atoms. The van der Waals surface area contributed by atoms with Crippen LogP contribution in [0.1, 0.15) is 0 Å². The van der Waals surface area contributed by atoms with Gasteiger partial charge >= 0.3 is 28.6 Å². The van der Waals surface area contributed by atoms with E-state index in [1.807, 2.05) is 0 Å². The fraction of sp³-hybridized carbons (Fsp3) is 0. The standard InChI is InChI=1S/H2O7S2.H3O4P/c1-8(2,3)7-9(4,5)6;1-5(2,3)4/h(H,1,2,3)(H,4,5,6);(H3,1,2,3,4). The van der Waals surface area contributed by atoms with E-state index >= 15 is 0 Å². The molecule has 5 N–H and O–H groups in total. The van der Waals surface area contributed by atoms with Crippen molar-refractivity contribution >= 4 is 28.6 Å². The van der Waals surface area contributed by atoms with Crippen LogP contribution >= 0.6 is 7.82 Å². The molecule has 0 aliphatic heterocycles. The van der Waals surface area contributed by atoms with Crippen molar-refractivity contribution < 1.29 is 48.8 Å². The molecule has 11 nitrogen and oxygen atoms in total. The average molecular weight is 276 g/mol. The van der Waals surface area contributed by atoms with Gasteiger partial charge in [-0.3, -0.25) is 9.11 Å². The molecule has 0 saturated heterocycles. The number of hydrogen-bond donors (Lipinski definition) is 5. The molecular formula is H5O11PS2. The van der Waals surface area contributed by atoms with E-state index in [0.29, 0.717) is 0 Å². The number of rotatable bonds is 2. The second kappa shape index (κ2) is 5.11. The van der Waals surface area contributed by atoms with Crippen molar-refractivity contribution in [2.24, 2.45) is 0 Å². The molecule has 88 valence electrons. The van der Waals surface area contributed by atoms with Crippen LogP contribution < -0.4 is 0 Å². The van der Waals surface area contributed by atoms with Gasteiger partial charge in [-0.1, -0.05) is 0 Å². The Morgan fingerprint density at radius 2 is 1.00 bits per heavy atom. The molecule has 0 amide bonds. The normalized spacial score (nSPS) is 12.9.